The Balaban J connectivity index is 1.75. The van der Waals surface area contributed by atoms with E-state index in [2.05, 4.69) is 15.5 Å². The first-order chi connectivity index (χ1) is 15.3. The summed E-state index contributed by atoms with van der Waals surface area (Å²) in [7, 11) is 1.30. The highest BCUT2D eigenvalue weighted by atomic mass is 35.5. The Labute approximate surface area is 185 Å². The van der Waals surface area contributed by atoms with Gasteiger partial charge in [-0.3, -0.25) is 0 Å². The highest BCUT2D eigenvalue weighted by Crippen LogP contribution is 2.35. The molecule has 0 saturated carbocycles. The lowest BCUT2D eigenvalue weighted by Gasteiger charge is -2.13. The number of alkyl halides is 3. The predicted octanol–water partition coefficient (Wildman–Crippen LogP) is 6.50. The fourth-order valence-electron chi connectivity index (χ4n) is 3.25. The Kier molecular flexibility index (Phi) is 5.71. The minimum atomic E-state index is -4.53. The molecule has 5 nitrogen and oxygen atoms in total. The zero-order chi connectivity index (χ0) is 22.9. The molecule has 3 aromatic carbocycles. The van der Waals surface area contributed by atoms with E-state index in [-0.39, 0.29) is 16.5 Å². The van der Waals surface area contributed by atoms with Crippen LogP contribution in [0.15, 0.2) is 66.7 Å². The standard InChI is InChI=1S/C23H15ClF3N3O2/c1-32-22(31)14-8-6-13(7-9-14)20-18-4-2-3-5-19(18)21(30-29-20)28-17-11-15(23(25,26)27)10-16(24)12-17/h2-12H,1H3,(H,28,30). The molecule has 0 fully saturated rings. The van der Waals surface area contributed by atoms with Gasteiger partial charge < -0.3 is 10.1 Å². The number of methoxy groups -OCH3 is 1. The average molecular weight is 458 g/mol. The number of rotatable bonds is 4. The Hall–Kier alpha value is -3.65. The number of nitrogens with zero attached hydrogens (tertiary/aromatic N) is 2. The summed E-state index contributed by atoms with van der Waals surface area (Å²) in [6.07, 6.45) is -4.53. The fourth-order valence-corrected chi connectivity index (χ4v) is 3.49. The normalized spacial score (nSPS) is 11.4. The van der Waals surface area contributed by atoms with Crippen molar-refractivity contribution in [3.63, 3.8) is 0 Å². The van der Waals surface area contributed by atoms with Crippen molar-refractivity contribution in [1.29, 1.82) is 0 Å². The molecule has 0 unspecified atom stereocenters. The molecular weight excluding hydrogens is 443 g/mol. The molecule has 0 spiro atoms. The second-order valence-corrected chi connectivity index (χ2v) is 7.30. The monoisotopic (exact) mass is 457 g/mol. The Morgan fingerprint density at radius 3 is 2.31 bits per heavy atom. The van der Waals surface area contributed by atoms with Crippen LogP contribution in [0.25, 0.3) is 22.0 Å². The number of benzene rings is 3. The summed E-state index contributed by atoms with van der Waals surface area (Å²) in [5, 5.41) is 12.7. The van der Waals surface area contributed by atoms with Crippen LogP contribution >= 0.6 is 11.6 Å². The molecule has 162 valence electrons. The van der Waals surface area contributed by atoms with Crippen LogP contribution in [0, 0.1) is 0 Å². The third kappa shape index (κ3) is 4.36. The zero-order valence-corrected chi connectivity index (χ0v) is 17.3. The molecule has 4 aromatic rings. The van der Waals surface area contributed by atoms with Crippen molar-refractivity contribution in [2.45, 2.75) is 6.18 Å². The third-order valence-corrected chi connectivity index (χ3v) is 4.97. The number of hydrogen-bond acceptors (Lipinski definition) is 5. The maximum absolute atomic E-state index is 13.1. The number of anilines is 2. The molecule has 0 saturated heterocycles. The summed E-state index contributed by atoms with van der Waals surface area (Å²) in [6, 6.07) is 17.1. The lowest BCUT2D eigenvalue weighted by molar-refractivity contribution is -0.137. The summed E-state index contributed by atoms with van der Waals surface area (Å²) in [6.45, 7) is 0. The van der Waals surface area contributed by atoms with E-state index in [0.29, 0.717) is 16.6 Å². The minimum absolute atomic E-state index is 0.0538. The van der Waals surface area contributed by atoms with Crippen molar-refractivity contribution < 1.29 is 22.7 Å². The molecular formula is C23H15ClF3N3O2. The Morgan fingerprint density at radius 2 is 1.66 bits per heavy atom. The number of carbonyl (C=O) groups excluding carboxylic acids is 1. The molecule has 4 rings (SSSR count). The highest BCUT2D eigenvalue weighted by Gasteiger charge is 2.31. The second kappa shape index (κ2) is 8.47. The number of esters is 1. The first-order valence-electron chi connectivity index (χ1n) is 9.35. The van der Waals surface area contributed by atoms with E-state index in [4.69, 9.17) is 16.3 Å². The summed E-state index contributed by atoms with van der Waals surface area (Å²) >= 11 is 5.88. The average Bonchev–Trinajstić information content (AvgIpc) is 2.78. The van der Waals surface area contributed by atoms with E-state index in [0.717, 1.165) is 23.1 Å². The van der Waals surface area contributed by atoms with Gasteiger partial charge in [-0.1, -0.05) is 48.0 Å². The van der Waals surface area contributed by atoms with Crippen molar-refractivity contribution in [1.82, 2.24) is 10.2 Å². The van der Waals surface area contributed by atoms with Gasteiger partial charge in [0.2, 0.25) is 0 Å². The number of carbonyl (C=O) groups is 1. The van der Waals surface area contributed by atoms with Crippen LogP contribution < -0.4 is 5.32 Å². The molecule has 9 heteroatoms. The summed E-state index contributed by atoms with van der Waals surface area (Å²) in [5.41, 5.74) is 0.944. The first kappa shape index (κ1) is 21.6. The first-order valence-corrected chi connectivity index (χ1v) is 9.73. The van der Waals surface area contributed by atoms with Crippen LogP contribution in [-0.2, 0) is 10.9 Å². The van der Waals surface area contributed by atoms with E-state index in [9.17, 15) is 18.0 Å². The van der Waals surface area contributed by atoms with Crippen molar-refractivity contribution in [3.8, 4) is 11.3 Å². The summed E-state index contributed by atoms with van der Waals surface area (Å²) in [4.78, 5) is 11.7. The van der Waals surface area contributed by atoms with Crippen molar-refractivity contribution in [2.24, 2.45) is 0 Å². The van der Waals surface area contributed by atoms with Gasteiger partial charge in [0.25, 0.3) is 0 Å². The molecule has 0 radical (unpaired) electrons. The highest BCUT2D eigenvalue weighted by molar-refractivity contribution is 6.31. The van der Waals surface area contributed by atoms with Crippen LogP contribution in [0.2, 0.25) is 5.02 Å². The van der Waals surface area contributed by atoms with Crippen LogP contribution in [0.1, 0.15) is 15.9 Å². The van der Waals surface area contributed by atoms with Gasteiger partial charge in [0.05, 0.1) is 18.2 Å². The van der Waals surface area contributed by atoms with Gasteiger partial charge in [-0.2, -0.15) is 13.2 Å². The number of fused-ring (bicyclic) bond motifs is 1. The van der Waals surface area contributed by atoms with Gasteiger partial charge >= 0.3 is 12.1 Å². The van der Waals surface area contributed by atoms with Gasteiger partial charge in [0.1, 0.15) is 5.69 Å². The van der Waals surface area contributed by atoms with Crippen LogP contribution in [-0.4, -0.2) is 23.3 Å². The fraction of sp³-hybridized carbons (Fsp3) is 0.0870. The lowest BCUT2D eigenvalue weighted by Crippen LogP contribution is -2.06. The van der Waals surface area contributed by atoms with Gasteiger partial charge in [-0.15, -0.1) is 10.2 Å². The van der Waals surface area contributed by atoms with Crippen molar-refractivity contribution >= 4 is 39.8 Å². The Morgan fingerprint density at radius 1 is 0.969 bits per heavy atom. The van der Waals surface area contributed by atoms with Gasteiger partial charge in [0.15, 0.2) is 5.82 Å². The SMILES string of the molecule is COC(=O)c1ccc(-c2nnc(Nc3cc(Cl)cc(C(F)(F)F)c3)c3ccccc23)cc1. The molecule has 1 heterocycles. The Bertz CT molecular complexity index is 1310. The molecule has 1 aromatic heterocycles. The molecule has 0 atom stereocenters. The molecule has 0 aliphatic heterocycles. The summed E-state index contributed by atoms with van der Waals surface area (Å²) in [5.74, 6) is -0.169. The number of hydrogen-bond donors (Lipinski definition) is 1. The maximum Gasteiger partial charge on any atom is 0.416 e. The molecule has 0 aliphatic rings. The van der Waals surface area contributed by atoms with E-state index in [1.807, 2.05) is 12.1 Å². The van der Waals surface area contributed by atoms with E-state index >= 15 is 0 Å². The maximum atomic E-state index is 13.1. The smallest absolute Gasteiger partial charge is 0.416 e. The predicted molar refractivity (Wildman–Crippen MR) is 116 cm³/mol. The molecule has 1 N–H and O–H groups in total. The summed E-state index contributed by atoms with van der Waals surface area (Å²) < 4.78 is 44.1. The quantitative estimate of drug-likeness (QED) is 0.354. The number of nitrogens with one attached hydrogen (secondary N) is 1. The van der Waals surface area contributed by atoms with Crippen molar-refractivity contribution in [2.75, 3.05) is 12.4 Å². The molecule has 0 aliphatic carbocycles. The van der Waals surface area contributed by atoms with Crippen molar-refractivity contribution in [3.05, 3.63) is 82.9 Å². The largest absolute Gasteiger partial charge is 0.465 e. The molecule has 0 amide bonds. The number of aromatic nitrogens is 2. The lowest BCUT2D eigenvalue weighted by atomic mass is 10.0. The topological polar surface area (TPSA) is 64.1 Å². The van der Waals surface area contributed by atoms with E-state index in [1.165, 1.54) is 13.2 Å². The van der Waals surface area contributed by atoms with Gasteiger partial charge in [-0.05, 0) is 30.3 Å². The second-order valence-electron chi connectivity index (χ2n) is 6.86. The van der Waals surface area contributed by atoms with Crippen LogP contribution in [0.4, 0.5) is 24.7 Å². The molecule has 32 heavy (non-hydrogen) atoms. The van der Waals surface area contributed by atoms with Crippen LogP contribution in [0.3, 0.4) is 0 Å². The molecule has 0 bridgehead atoms. The third-order valence-electron chi connectivity index (χ3n) is 4.75. The minimum Gasteiger partial charge on any atom is -0.465 e. The van der Waals surface area contributed by atoms with E-state index in [1.54, 1.807) is 36.4 Å². The number of halogens is 4. The van der Waals surface area contributed by atoms with Crippen LogP contribution in [0.5, 0.6) is 0 Å². The zero-order valence-electron chi connectivity index (χ0n) is 16.6. The van der Waals surface area contributed by atoms with E-state index < -0.39 is 17.7 Å². The van der Waals surface area contributed by atoms with Gasteiger partial charge in [0, 0.05) is 27.0 Å². The van der Waals surface area contributed by atoms with Gasteiger partial charge in [-0.25, -0.2) is 4.79 Å². The number of ether oxygens (including phenoxy) is 1.